The number of nitrogens with one attached hydrogen (secondary N) is 1. The summed E-state index contributed by atoms with van der Waals surface area (Å²) in [5.74, 6) is 0.625. The minimum absolute atomic E-state index is 0.625. The van der Waals surface area contributed by atoms with Gasteiger partial charge < -0.3 is 5.32 Å². The van der Waals surface area contributed by atoms with Crippen molar-refractivity contribution in [2.24, 2.45) is 5.92 Å². The van der Waals surface area contributed by atoms with Gasteiger partial charge in [-0.3, -0.25) is 9.36 Å². The molecule has 2 aromatic rings. The topological polar surface area (TPSA) is 47.7 Å². The Bertz CT molecular complexity index is 512. The van der Waals surface area contributed by atoms with Gasteiger partial charge >= 0.3 is 0 Å². The maximum absolute atomic E-state index is 4.37. The van der Waals surface area contributed by atoms with Crippen LogP contribution in [-0.2, 0) is 26.2 Å². The van der Waals surface area contributed by atoms with Crippen LogP contribution in [0.5, 0.6) is 0 Å². The number of rotatable bonds is 8. The van der Waals surface area contributed by atoms with E-state index < -0.39 is 0 Å². The molecule has 20 heavy (non-hydrogen) atoms. The number of aromatic nitrogens is 4. The SMILES string of the molecule is CCCn1cc(CNCc2cnn(CC(C)C)c2)cn1. The van der Waals surface area contributed by atoms with Crippen LogP contribution >= 0.6 is 0 Å². The van der Waals surface area contributed by atoms with Gasteiger partial charge in [0.15, 0.2) is 0 Å². The van der Waals surface area contributed by atoms with Crippen LogP contribution < -0.4 is 5.32 Å². The predicted molar refractivity (Wildman–Crippen MR) is 80.1 cm³/mol. The molecule has 0 saturated heterocycles. The quantitative estimate of drug-likeness (QED) is 0.805. The van der Waals surface area contributed by atoms with Gasteiger partial charge in [-0.15, -0.1) is 0 Å². The van der Waals surface area contributed by atoms with Gasteiger partial charge in [-0.2, -0.15) is 10.2 Å². The van der Waals surface area contributed by atoms with Crippen LogP contribution in [0.1, 0.15) is 38.3 Å². The third-order valence-corrected chi connectivity index (χ3v) is 3.04. The van der Waals surface area contributed by atoms with Crippen LogP contribution in [0.15, 0.2) is 24.8 Å². The maximum atomic E-state index is 4.37. The van der Waals surface area contributed by atoms with Gasteiger partial charge in [-0.05, 0) is 12.3 Å². The van der Waals surface area contributed by atoms with E-state index in [0.717, 1.165) is 32.6 Å². The molecule has 0 radical (unpaired) electrons. The molecule has 110 valence electrons. The Morgan fingerprint density at radius 3 is 2.25 bits per heavy atom. The lowest BCUT2D eigenvalue weighted by Gasteiger charge is -2.03. The largest absolute Gasteiger partial charge is 0.308 e. The molecular formula is C15H25N5. The fraction of sp³-hybridized carbons (Fsp3) is 0.600. The molecule has 0 spiro atoms. The van der Waals surface area contributed by atoms with Crippen molar-refractivity contribution >= 4 is 0 Å². The monoisotopic (exact) mass is 275 g/mol. The fourth-order valence-corrected chi connectivity index (χ4v) is 2.17. The van der Waals surface area contributed by atoms with Crippen molar-refractivity contribution in [2.45, 2.75) is 53.4 Å². The van der Waals surface area contributed by atoms with E-state index in [1.165, 1.54) is 11.1 Å². The van der Waals surface area contributed by atoms with Gasteiger partial charge in [0.05, 0.1) is 12.4 Å². The molecule has 1 N–H and O–H groups in total. The van der Waals surface area contributed by atoms with Crippen molar-refractivity contribution < 1.29 is 0 Å². The normalized spacial score (nSPS) is 11.4. The molecule has 0 aliphatic rings. The van der Waals surface area contributed by atoms with E-state index in [1.807, 2.05) is 21.8 Å². The molecule has 0 saturated carbocycles. The van der Waals surface area contributed by atoms with Gasteiger partial charge in [0.25, 0.3) is 0 Å². The van der Waals surface area contributed by atoms with E-state index in [-0.39, 0.29) is 0 Å². The van der Waals surface area contributed by atoms with Gasteiger partial charge in [0.2, 0.25) is 0 Å². The zero-order chi connectivity index (χ0) is 14.4. The second-order valence-corrected chi connectivity index (χ2v) is 5.68. The van der Waals surface area contributed by atoms with E-state index in [2.05, 4.69) is 48.7 Å². The average Bonchev–Trinajstić information content (AvgIpc) is 2.99. The molecule has 0 unspecified atom stereocenters. The van der Waals surface area contributed by atoms with Crippen LogP contribution in [-0.4, -0.2) is 19.6 Å². The summed E-state index contributed by atoms with van der Waals surface area (Å²) in [5, 5.41) is 12.1. The van der Waals surface area contributed by atoms with Crippen LogP contribution in [0.3, 0.4) is 0 Å². The summed E-state index contributed by atoms with van der Waals surface area (Å²) in [6, 6.07) is 0. The minimum Gasteiger partial charge on any atom is -0.308 e. The van der Waals surface area contributed by atoms with Crippen LogP contribution in [0.4, 0.5) is 0 Å². The summed E-state index contributed by atoms with van der Waals surface area (Å²) < 4.78 is 4.01. The first-order valence-corrected chi connectivity index (χ1v) is 7.40. The molecule has 0 aliphatic heterocycles. The highest BCUT2D eigenvalue weighted by molar-refractivity contribution is 5.06. The van der Waals surface area contributed by atoms with E-state index in [0.29, 0.717) is 5.92 Å². The summed E-state index contributed by atoms with van der Waals surface area (Å²) in [7, 11) is 0. The Balaban J connectivity index is 1.75. The zero-order valence-electron chi connectivity index (χ0n) is 12.7. The molecular weight excluding hydrogens is 250 g/mol. The third-order valence-electron chi connectivity index (χ3n) is 3.04. The molecule has 0 amide bonds. The Kier molecular flexibility index (Phi) is 5.35. The Morgan fingerprint density at radius 1 is 1.05 bits per heavy atom. The predicted octanol–water partition coefficient (Wildman–Crippen LogP) is 2.44. The smallest absolute Gasteiger partial charge is 0.0534 e. The molecule has 0 aliphatic carbocycles. The first-order chi connectivity index (χ1) is 9.67. The standard InChI is InChI=1S/C15H25N5/c1-4-5-19-11-14(8-17-19)6-16-7-15-9-18-20(12-15)10-13(2)3/h8-9,11-13,16H,4-7,10H2,1-3H3. The highest BCUT2D eigenvalue weighted by Gasteiger charge is 2.02. The van der Waals surface area contributed by atoms with E-state index in [9.17, 15) is 0 Å². The number of nitrogens with zero attached hydrogens (tertiary/aromatic N) is 4. The Morgan fingerprint density at radius 2 is 1.65 bits per heavy atom. The lowest BCUT2D eigenvalue weighted by Crippen LogP contribution is -2.12. The van der Waals surface area contributed by atoms with Crippen molar-refractivity contribution in [1.29, 1.82) is 0 Å². The maximum Gasteiger partial charge on any atom is 0.0534 e. The van der Waals surface area contributed by atoms with Crippen LogP contribution in [0, 0.1) is 5.92 Å². The summed E-state index contributed by atoms with van der Waals surface area (Å²) in [6.07, 6.45) is 9.22. The molecule has 0 bridgehead atoms. The van der Waals surface area contributed by atoms with E-state index in [4.69, 9.17) is 0 Å². The molecule has 2 rings (SSSR count). The summed E-state index contributed by atoms with van der Waals surface area (Å²) >= 11 is 0. The van der Waals surface area contributed by atoms with Crippen LogP contribution in [0.25, 0.3) is 0 Å². The first kappa shape index (κ1) is 14.8. The molecule has 0 aromatic carbocycles. The summed E-state index contributed by atoms with van der Waals surface area (Å²) in [4.78, 5) is 0. The van der Waals surface area contributed by atoms with Crippen LogP contribution in [0.2, 0.25) is 0 Å². The average molecular weight is 275 g/mol. The molecule has 5 nitrogen and oxygen atoms in total. The third kappa shape index (κ3) is 4.49. The Labute approximate surface area is 121 Å². The van der Waals surface area contributed by atoms with Crippen molar-refractivity contribution in [3.63, 3.8) is 0 Å². The van der Waals surface area contributed by atoms with Gasteiger partial charge in [0, 0.05) is 49.7 Å². The molecule has 0 fully saturated rings. The lowest BCUT2D eigenvalue weighted by molar-refractivity contribution is 0.482. The first-order valence-electron chi connectivity index (χ1n) is 7.40. The van der Waals surface area contributed by atoms with Crippen molar-refractivity contribution in [3.05, 3.63) is 35.9 Å². The van der Waals surface area contributed by atoms with Crippen molar-refractivity contribution in [2.75, 3.05) is 0 Å². The second-order valence-electron chi connectivity index (χ2n) is 5.68. The summed E-state index contributed by atoms with van der Waals surface area (Å²) in [6.45, 7) is 10.2. The molecule has 2 heterocycles. The Hall–Kier alpha value is -1.62. The lowest BCUT2D eigenvalue weighted by atomic mass is 10.2. The molecule has 5 heteroatoms. The fourth-order valence-electron chi connectivity index (χ4n) is 2.17. The van der Waals surface area contributed by atoms with Gasteiger partial charge in [-0.25, -0.2) is 0 Å². The van der Waals surface area contributed by atoms with Gasteiger partial charge in [-0.1, -0.05) is 20.8 Å². The number of hydrogen-bond acceptors (Lipinski definition) is 3. The zero-order valence-corrected chi connectivity index (χ0v) is 12.7. The molecule has 0 atom stereocenters. The van der Waals surface area contributed by atoms with E-state index >= 15 is 0 Å². The minimum atomic E-state index is 0.625. The van der Waals surface area contributed by atoms with E-state index in [1.54, 1.807) is 0 Å². The highest BCUT2D eigenvalue weighted by Crippen LogP contribution is 2.03. The number of hydrogen-bond donors (Lipinski definition) is 1. The highest BCUT2D eigenvalue weighted by atomic mass is 15.3. The van der Waals surface area contributed by atoms with Crippen molar-refractivity contribution in [3.8, 4) is 0 Å². The second kappa shape index (κ2) is 7.24. The van der Waals surface area contributed by atoms with Gasteiger partial charge in [0.1, 0.15) is 0 Å². The van der Waals surface area contributed by atoms with Crippen molar-refractivity contribution in [1.82, 2.24) is 24.9 Å². The molecule has 2 aromatic heterocycles. The summed E-state index contributed by atoms with van der Waals surface area (Å²) in [5.41, 5.74) is 2.46. The number of aryl methyl sites for hydroxylation is 1.